The molecule has 3 heteroatoms. The first-order valence-corrected chi connectivity index (χ1v) is 6.63. The number of carbonyl (C=O) groups is 1. The molecule has 1 heterocycles. The molecule has 92 valence electrons. The SMILES string of the molecule is CC(=O)/C=C/C(C)(C)CSc1ccc(C)cn1. The molecule has 2 nitrogen and oxygen atoms in total. The topological polar surface area (TPSA) is 30.0 Å². The van der Waals surface area contributed by atoms with Gasteiger partial charge in [-0.2, -0.15) is 0 Å². The molecule has 0 unspecified atom stereocenters. The fourth-order valence-corrected chi connectivity index (χ4v) is 2.10. The molecule has 0 saturated heterocycles. The lowest BCUT2D eigenvalue weighted by molar-refractivity contribution is -0.112. The number of carbonyl (C=O) groups excluding carboxylic acids is 1. The van der Waals surface area contributed by atoms with Crippen LogP contribution in [-0.2, 0) is 4.79 Å². The molecule has 0 aromatic carbocycles. The summed E-state index contributed by atoms with van der Waals surface area (Å²) in [6, 6.07) is 4.10. The number of ketones is 1. The third-order valence-corrected chi connectivity index (χ3v) is 3.67. The predicted octanol–water partition coefficient (Wildman–Crippen LogP) is 3.65. The molecule has 17 heavy (non-hydrogen) atoms. The number of pyridine rings is 1. The van der Waals surface area contributed by atoms with Crippen molar-refractivity contribution in [1.29, 1.82) is 0 Å². The summed E-state index contributed by atoms with van der Waals surface area (Å²) in [4.78, 5) is 15.2. The van der Waals surface area contributed by atoms with E-state index in [-0.39, 0.29) is 11.2 Å². The first-order chi connectivity index (χ1) is 7.89. The maximum Gasteiger partial charge on any atom is 0.152 e. The number of hydrogen-bond acceptors (Lipinski definition) is 3. The number of nitrogens with zero attached hydrogens (tertiary/aromatic N) is 1. The number of aryl methyl sites for hydroxylation is 1. The highest BCUT2D eigenvalue weighted by Crippen LogP contribution is 2.27. The Labute approximate surface area is 108 Å². The van der Waals surface area contributed by atoms with Crippen LogP contribution in [0.15, 0.2) is 35.5 Å². The van der Waals surface area contributed by atoms with Gasteiger partial charge in [0.25, 0.3) is 0 Å². The van der Waals surface area contributed by atoms with Gasteiger partial charge in [-0.15, -0.1) is 11.8 Å². The summed E-state index contributed by atoms with van der Waals surface area (Å²) in [7, 11) is 0. The Morgan fingerprint density at radius 1 is 1.47 bits per heavy atom. The molecular weight excluding hydrogens is 230 g/mol. The number of rotatable bonds is 5. The van der Waals surface area contributed by atoms with Crippen molar-refractivity contribution >= 4 is 17.5 Å². The lowest BCUT2D eigenvalue weighted by Gasteiger charge is -2.18. The fraction of sp³-hybridized carbons (Fsp3) is 0.429. The molecule has 0 spiro atoms. The minimum absolute atomic E-state index is 0.00288. The fourth-order valence-electron chi connectivity index (χ4n) is 1.19. The van der Waals surface area contributed by atoms with Crippen molar-refractivity contribution in [2.75, 3.05) is 5.75 Å². The van der Waals surface area contributed by atoms with Gasteiger partial charge in [0.15, 0.2) is 5.78 Å². The van der Waals surface area contributed by atoms with Gasteiger partial charge in [0.05, 0.1) is 5.03 Å². The largest absolute Gasteiger partial charge is 0.295 e. The molecule has 0 saturated carbocycles. The van der Waals surface area contributed by atoms with Crippen LogP contribution in [0.4, 0.5) is 0 Å². The van der Waals surface area contributed by atoms with E-state index in [9.17, 15) is 4.79 Å². The van der Waals surface area contributed by atoms with Crippen LogP contribution in [0.3, 0.4) is 0 Å². The second-order valence-corrected chi connectivity index (χ2v) is 5.89. The molecule has 0 aliphatic carbocycles. The third-order valence-electron chi connectivity index (χ3n) is 2.25. The monoisotopic (exact) mass is 249 g/mol. The maximum absolute atomic E-state index is 10.9. The maximum atomic E-state index is 10.9. The van der Waals surface area contributed by atoms with Gasteiger partial charge in [0.2, 0.25) is 0 Å². The van der Waals surface area contributed by atoms with Gasteiger partial charge in [-0.05, 0) is 37.0 Å². The van der Waals surface area contributed by atoms with E-state index in [4.69, 9.17) is 0 Å². The van der Waals surface area contributed by atoms with Gasteiger partial charge in [-0.25, -0.2) is 4.98 Å². The van der Waals surface area contributed by atoms with Crippen molar-refractivity contribution in [1.82, 2.24) is 4.98 Å². The van der Waals surface area contributed by atoms with Gasteiger partial charge < -0.3 is 0 Å². The zero-order valence-corrected chi connectivity index (χ0v) is 11.7. The Balaban J connectivity index is 2.54. The summed E-state index contributed by atoms with van der Waals surface area (Å²) in [5.41, 5.74) is 1.17. The second kappa shape index (κ2) is 6.01. The highest BCUT2D eigenvalue weighted by atomic mass is 32.2. The van der Waals surface area contributed by atoms with E-state index in [0.717, 1.165) is 10.8 Å². The minimum atomic E-state index is 0.00288. The number of allylic oxidation sites excluding steroid dienone is 2. The molecule has 1 aromatic heterocycles. The lowest BCUT2D eigenvalue weighted by Crippen LogP contribution is -2.11. The van der Waals surface area contributed by atoms with Gasteiger partial charge in [0.1, 0.15) is 0 Å². The van der Waals surface area contributed by atoms with E-state index in [1.54, 1.807) is 24.8 Å². The van der Waals surface area contributed by atoms with Crippen molar-refractivity contribution in [3.05, 3.63) is 36.0 Å². The Bertz CT molecular complexity index is 407. The summed E-state index contributed by atoms with van der Waals surface area (Å²) in [6.45, 7) is 7.84. The number of hydrogen-bond donors (Lipinski definition) is 0. The molecule has 0 aliphatic heterocycles. The summed E-state index contributed by atoms with van der Waals surface area (Å²) < 4.78 is 0. The average Bonchev–Trinajstić information content (AvgIpc) is 2.26. The van der Waals surface area contributed by atoms with E-state index in [1.807, 2.05) is 25.3 Å². The summed E-state index contributed by atoms with van der Waals surface area (Å²) in [5, 5.41) is 1.03. The number of aromatic nitrogens is 1. The van der Waals surface area contributed by atoms with Crippen LogP contribution in [0.1, 0.15) is 26.3 Å². The van der Waals surface area contributed by atoms with Gasteiger partial charge in [-0.1, -0.05) is 26.0 Å². The van der Waals surface area contributed by atoms with Gasteiger partial charge in [-0.3, -0.25) is 4.79 Å². The number of thioether (sulfide) groups is 1. The smallest absolute Gasteiger partial charge is 0.152 e. The zero-order valence-electron chi connectivity index (χ0n) is 10.9. The second-order valence-electron chi connectivity index (χ2n) is 4.90. The zero-order chi connectivity index (χ0) is 12.9. The third kappa shape index (κ3) is 5.68. The predicted molar refractivity (Wildman–Crippen MR) is 73.3 cm³/mol. The minimum Gasteiger partial charge on any atom is -0.295 e. The van der Waals surface area contributed by atoms with Gasteiger partial charge in [0, 0.05) is 11.9 Å². The van der Waals surface area contributed by atoms with E-state index < -0.39 is 0 Å². The van der Waals surface area contributed by atoms with E-state index in [2.05, 4.69) is 24.9 Å². The van der Waals surface area contributed by atoms with Crippen molar-refractivity contribution in [3.8, 4) is 0 Å². The molecule has 1 rings (SSSR count). The Morgan fingerprint density at radius 2 is 2.18 bits per heavy atom. The van der Waals surface area contributed by atoms with Crippen LogP contribution in [0.5, 0.6) is 0 Å². The first kappa shape index (κ1) is 14.0. The molecule has 0 amide bonds. The van der Waals surface area contributed by atoms with Crippen LogP contribution >= 0.6 is 11.8 Å². The highest BCUT2D eigenvalue weighted by Gasteiger charge is 2.14. The standard InChI is InChI=1S/C14H19NOS/c1-11-5-6-13(15-9-11)17-10-14(3,4)8-7-12(2)16/h5-9H,10H2,1-4H3/b8-7+. The van der Waals surface area contributed by atoms with Gasteiger partial charge >= 0.3 is 0 Å². The van der Waals surface area contributed by atoms with Crippen LogP contribution in [0.2, 0.25) is 0 Å². The summed E-state index contributed by atoms with van der Waals surface area (Å²) in [5.74, 6) is 1.00. The van der Waals surface area contributed by atoms with Crippen molar-refractivity contribution in [2.24, 2.45) is 5.41 Å². The quantitative estimate of drug-likeness (QED) is 0.589. The van der Waals surface area contributed by atoms with Crippen molar-refractivity contribution in [3.63, 3.8) is 0 Å². The Morgan fingerprint density at radius 3 is 2.71 bits per heavy atom. The molecule has 0 atom stereocenters. The molecular formula is C14H19NOS. The van der Waals surface area contributed by atoms with Crippen LogP contribution in [0, 0.1) is 12.3 Å². The molecule has 0 radical (unpaired) electrons. The van der Waals surface area contributed by atoms with Crippen LogP contribution in [0.25, 0.3) is 0 Å². The molecule has 0 aliphatic rings. The summed E-state index contributed by atoms with van der Waals surface area (Å²) in [6.07, 6.45) is 5.49. The van der Waals surface area contributed by atoms with Crippen molar-refractivity contribution in [2.45, 2.75) is 32.7 Å². The van der Waals surface area contributed by atoms with Crippen molar-refractivity contribution < 1.29 is 4.79 Å². The Kier molecular flexibility index (Phi) is 4.94. The first-order valence-electron chi connectivity index (χ1n) is 5.64. The highest BCUT2D eigenvalue weighted by molar-refractivity contribution is 7.99. The molecule has 0 bridgehead atoms. The normalized spacial score (nSPS) is 12.0. The molecule has 1 aromatic rings. The molecule has 0 N–H and O–H groups in total. The van der Waals surface area contributed by atoms with Crippen LogP contribution in [-0.4, -0.2) is 16.5 Å². The Hall–Kier alpha value is -1.09. The van der Waals surface area contributed by atoms with E-state index in [1.165, 1.54) is 5.56 Å². The van der Waals surface area contributed by atoms with Crippen LogP contribution < -0.4 is 0 Å². The van der Waals surface area contributed by atoms with E-state index in [0.29, 0.717) is 0 Å². The van der Waals surface area contributed by atoms with E-state index >= 15 is 0 Å². The lowest BCUT2D eigenvalue weighted by atomic mass is 9.95. The average molecular weight is 249 g/mol. The molecule has 0 fully saturated rings. The summed E-state index contributed by atoms with van der Waals surface area (Å²) >= 11 is 1.71.